The van der Waals surface area contributed by atoms with E-state index in [4.69, 9.17) is 21.1 Å². The summed E-state index contributed by atoms with van der Waals surface area (Å²) in [5, 5.41) is 14.6. The van der Waals surface area contributed by atoms with Crippen molar-refractivity contribution in [1.82, 2.24) is 5.43 Å². The molecule has 2 aromatic carbocycles. The predicted octanol–water partition coefficient (Wildman–Crippen LogP) is 3.03. The molecule has 8 nitrogen and oxygen atoms in total. The molecule has 130 valence electrons. The number of rotatable bonds is 6. The summed E-state index contributed by atoms with van der Waals surface area (Å²) in [6, 6.07) is 8.85. The summed E-state index contributed by atoms with van der Waals surface area (Å²) in [5.41, 5.74) is 2.68. The normalized spacial score (nSPS) is 10.5. The first-order chi connectivity index (χ1) is 12.0. The third kappa shape index (κ3) is 4.45. The number of methoxy groups -OCH3 is 2. The fourth-order valence-corrected chi connectivity index (χ4v) is 2.14. The Balaban J connectivity index is 2.10. The van der Waals surface area contributed by atoms with E-state index in [1.54, 1.807) is 18.2 Å². The number of ether oxygens (including phenoxy) is 2. The minimum atomic E-state index is -0.661. The van der Waals surface area contributed by atoms with Crippen LogP contribution in [0.25, 0.3) is 0 Å². The van der Waals surface area contributed by atoms with Crippen molar-refractivity contribution in [3.63, 3.8) is 0 Å². The van der Waals surface area contributed by atoms with Crippen LogP contribution in [0, 0.1) is 10.1 Å². The van der Waals surface area contributed by atoms with Crippen molar-refractivity contribution in [1.29, 1.82) is 0 Å². The number of carbonyl (C=O) groups excluding carboxylic acids is 1. The van der Waals surface area contributed by atoms with Crippen LogP contribution < -0.4 is 14.9 Å². The fourth-order valence-electron chi connectivity index (χ4n) is 1.96. The summed E-state index contributed by atoms with van der Waals surface area (Å²) < 4.78 is 10.3. The topological polar surface area (TPSA) is 103 Å². The van der Waals surface area contributed by atoms with Gasteiger partial charge in [-0.2, -0.15) is 5.10 Å². The van der Waals surface area contributed by atoms with E-state index >= 15 is 0 Å². The molecule has 1 N–H and O–H groups in total. The van der Waals surface area contributed by atoms with Crippen molar-refractivity contribution in [3.05, 3.63) is 62.7 Å². The van der Waals surface area contributed by atoms with Gasteiger partial charge in [0.1, 0.15) is 5.02 Å². The summed E-state index contributed by atoms with van der Waals surface area (Å²) in [7, 11) is 3.03. The second-order valence-electron chi connectivity index (χ2n) is 4.74. The summed E-state index contributed by atoms with van der Waals surface area (Å²) in [5.74, 6) is 0.486. The van der Waals surface area contributed by atoms with Crippen LogP contribution in [0.2, 0.25) is 5.02 Å². The van der Waals surface area contributed by atoms with Gasteiger partial charge in [-0.1, -0.05) is 11.6 Å². The van der Waals surface area contributed by atoms with Gasteiger partial charge in [0, 0.05) is 11.6 Å². The number of benzene rings is 2. The van der Waals surface area contributed by atoms with Crippen LogP contribution in [-0.2, 0) is 0 Å². The summed E-state index contributed by atoms with van der Waals surface area (Å²) >= 11 is 5.71. The van der Waals surface area contributed by atoms with Gasteiger partial charge in [-0.25, -0.2) is 5.43 Å². The fraction of sp³-hybridized carbons (Fsp3) is 0.125. The van der Waals surface area contributed by atoms with E-state index in [1.165, 1.54) is 32.6 Å². The molecule has 0 heterocycles. The number of hydrogen-bond donors (Lipinski definition) is 1. The Kier molecular flexibility index (Phi) is 5.91. The molecule has 0 aliphatic rings. The van der Waals surface area contributed by atoms with Crippen molar-refractivity contribution in [2.75, 3.05) is 14.2 Å². The Morgan fingerprint density at radius 1 is 1.20 bits per heavy atom. The van der Waals surface area contributed by atoms with Crippen LogP contribution in [0.15, 0.2) is 41.5 Å². The molecule has 1 amide bonds. The lowest BCUT2D eigenvalue weighted by molar-refractivity contribution is -0.384. The number of nitrogens with one attached hydrogen (secondary N) is 1. The SMILES string of the molecule is COc1ccc(C=NNC(=O)c2ccc(Cl)c([N+](=O)[O-])c2)cc1OC. The zero-order valence-corrected chi connectivity index (χ0v) is 14.1. The highest BCUT2D eigenvalue weighted by atomic mass is 35.5. The highest BCUT2D eigenvalue weighted by Gasteiger charge is 2.15. The molecule has 0 bridgehead atoms. The Labute approximate surface area is 148 Å². The van der Waals surface area contributed by atoms with E-state index < -0.39 is 10.8 Å². The minimum absolute atomic E-state index is 0.0459. The second kappa shape index (κ2) is 8.11. The minimum Gasteiger partial charge on any atom is -0.493 e. The molecule has 0 aliphatic carbocycles. The van der Waals surface area contributed by atoms with Crippen LogP contribution in [-0.4, -0.2) is 31.3 Å². The van der Waals surface area contributed by atoms with Crippen LogP contribution >= 0.6 is 11.6 Å². The molecule has 0 saturated carbocycles. The standard InChI is InChI=1S/C16H14ClN3O5/c1-24-14-6-3-10(7-15(14)25-2)9-18-19-16(21)11-4-5-12(17)13(8-11)20(22)23/h3-9H,1-2H3,(H,19,21). The van der Waals surface area contributed by atoms with Gasteiger partial charge >= 0.3 is 0 Å². The molecular formula is C16H14ClN3O5. The number of nitro benzene ring substituents is 1. The van der Waals surface area contributed by atoms with Crippen LogP contribution in [0.1, 0.15) is 15.9 Å². The third-order valence-corrected chi connectivity index (χ3v) is 3.51. The van der Waals surface area contributed by atoms with E-state index in [0.717, 1.165) is 6.07 Å². The van der Waals surface area contributed by atoms with Crippen molar-refractivity contribution in [3.8, 4) is 11.5 Å². The van der Waals surface area contributed by atoms with Crippen molar-refractivity contribution in [2.45, 2.75) is 0 Å². The molecule has 2 rings (SSSR count). The number of carbonyl (C=O) groups is 1. The van der Waals surface area contributed by atoms with Gasteiger partial charge in [0.25, 0.3) is 11.6 Å². The maximum Gasteiger partial charge on any atom is 0.288 e. The highest BCUT2D eigenvalue weighted by Crippen LogP contribution is 2.27. The van der Waals surface area contributed by atoms with Gasteiger partial charge in [0.15, 0.2) is 11.5 Å². The summed E-state index contributed by atoms with van der Waals surface area (Å²) in [6.45, 7) is 0. The Hall–Kier alpha value is -3.13. The number of nitro groups is 1. The molecule has 0 radical (unpaired) electrons. The number of hydrazone groups is 1. The van der Waals surface area contributed by atoms with Gasteiger partial charge < -0.3 is 9.47 Å². The second-order valence-corrected chi connectivity index (χ2v) is 5.14. The number of halogens is 1. The number of nitrogens with zero attached hydrogens (tertiary/aromatic N) is 2. The molecule has 25 heavy (non-hydrogen) atoms. The third-order valence-electron chi connectivity index (χ3n) is 3.19. The monoisotopic (exact) mass is 363 g/mol. The first-order valence-electron chi connectivity index (χ1n) is 6.95. The first-order valence-corrected chi connectivity index (χ1v) is 7.33. The average molecular weight is 364 g/mol. The lowest BCUT2D eigenvalue weighted by Crippen LogP contribution is -2.17. The van der Waals surface area contributed by atoms with Gasteiger partial charge in [0.2, 0.25) is 0 Å². The number of hydrogen-bond acceptors (Lipinski definition) is 6. The van der Waals surface area contributed by atoms with Crippen LogP contribution in [0.3, 0.4) is 0 Å². The first kappa shape index (κ1) is 18.2. The van der Waals surface area contributed by atoms with Crippen molar-refractivity contribution >= 4 is 29.4 Å². The Morgan fingerprint density at radius 3 is 2.56 bits per heavy atom. The molecule has 0 atom stereocenters. The van der Waals surface area contributed by atoms with E-state index in [2.05, 4.69) is 10.5 Å². The maximum absolute atomic E-state index is 12.0. The Bertz CT molecular complexity index is 839. The van der Waals surface area contributed by atoms with Crippen LogP contribution in [0.4, 0.5) is 5.69 Å². The van der Waals surface area contributed by atoms with Gasteiger partial charge in [-0.3, -0.25) is 14.9 Å². The largest absolute Gasteiger partial charge is 0.493 e. The lowest BCUT2D eigenvalue weighted by Gasteiger charge is -2.07. The lowest BCUT2D eigenvalue weighted by atomic mass is 10.2. The molecule has 9 heteroatoms. The predicted molar refractivity (Wildman–Crippen MR) is 92.7 cm³/mol. The van der Waals surface area contributed by atoms with E-state index in [-0.39, 0.29) is 16.3 Å². The molecular weight excluding hydrogens is 350 g/mol. The quantitative estimate of drug-likeness (QED) is 0.482. The molecule has 0 aliphatic heterocycles. The average Bonchev–Trinajstić information content (AvgIpc) is 2.61. The van der Waals surface area contributed by atoms with Crippen LogP contribution in [0.5, 0.6) is 11.5 Å². The summed E-state index contributed by atoms with van der Waals surface area (Å²) in [4.78, 5) is 22.2. The summed E-state index contributed by atoms with van der Waals surface area (Å²) in [6.07, 6.45) is 1.41. The van der Waals surface area contributed by atoms with Gasteiger partial charge in [-0.05, 0) is 35.9 Å². The molecule has 2 aromatic rings. The zero-order chi connectivity index (χ0) is 18.4. The van der Waals surface area contributed by atoms with Gasteiger partial charge in [0.05, 0.1) is 25.4 Å². The molecule has 0 unspecified atom stereocenters. The van der Waals surface area contributed by atoms with Crippen molar-refractivity contribution < 1.29 is 19.2 Å². The Morgan fingerprint density at radius 2 is 1.92 bits per heavy atom. The molecule has 0 spiro atoms. The highest BCUT2D eigenvalue weighted by molar-refractivity contribution is 6.32. The van der Waals surface area contributed by atoms with E-state index in [1.807, 2.05) is 0 Å². The molecule has 0 aromatic heterocycles. The van der Waals surface area contributed by atoms with Gasteiger partial charge in [-0.15, -0.1) is 0 Å². The zero-order valence-electron chi connectivity index (χ0n) is 13.4. The van der Waals surface area contributed by atoms with E-state index in [9.17, 15) is 14.9 Å². The van der Waals surface area contributed by atoms with E-state index in [0.29, 0.717) is 17.1 Å². The smallest absolute Gasteiger partial charge is 0.288 e. The molecule has 0 saturated heterocycles. The number of amides is 1. The maximum atomic E-state index is 12.0. The molecule has 0 fully saturated rings. The van der Waals surface area contributed by atoms with Crippen molar-refractivity contribution in [2.24, 2.45) is 5.10 Å².